The molecule has 290 valence electrons. The summed E-state index contributed by atoms with van der Waals surface area (Å²) >= 11 is 0.847. The predicted octanol–water partition coefficient (Wildman–Crippen LogP) is -0.648. The molecule has 9 N–H and O–H groups in total. The van der Waals surface area contributed by atoms with Crippen molar-refractivity contribution in [3.63, 3.8) is 0 Å². The van der Waals surface area contributed by atoms with Crippen LogP contribution in [0.5, 0.6) is 0 Å². The number of Topliss-reactive ketones (excluding diaryl/α,β-unsaturated/α-hetero) is 1. The quantitative estimate of drug-likeness (QED) is 0.0882. The van der Waals surface area contributed by atoms with E-state index in [1.807, 2.05) is 0 Å². The van der Waals surface area contributed by atoms with Gasteiger partial charge in [0.1, 0.15) is 30.2 Å². The Kier molecular flexibility index (Phi) is 15.6. The lowest BCUT2D eigenvalue weighted by atomic mass is 9.97. The van der Waals surface area contributed by atoms with E-state index in [9.17, 15) is 48.9 Å². The van der Waals surface area contributed by atoms with E-state index >= 15 is 0 Å². The molecule has 1 aliphatic heterocycles. The number of carbonyl (C=O) groups is 7. The second-order valence-electron chi connectivity index (χ2n) is 13.2. The Morgan fingerprint density at radius 2 is 1.53 bits per heavy atom. The number of aromatic nitrogens is 1. The maximum atomic E-state index is 13.7. The first kappa shape index (κ1) is 42.6. The zero-order valence-electron chi connectivity index (χ0n) is 30.3. The molecule has 53 heavy (non-hydrogen) atoms. The van der Waals surface area contributed by atoms with Gasteiger partial charge in [-0.2, -0.15) is 0 Å². The molecule has 1 fully saturated rings. The third-order valence-corrected chi connectivity index (χ3v) is 9.95. The van der Waals surface area contributed by atoms with Crippen molar-refractivity contribution in [2.45, 2.75) is 109 Å². The summed E-state index contributed by atoms with van der Waals surface area (Å²) in [5, 5.41) is 40.5. The molecular formula is C35H49N7O10S. The molecule has 17 nitrogen and oxygen atoms in total. The van der Waals surface area contributed by atoms with Gasteiger partial charge in [-0.05, 0) is 45.1 Å². The fourth-order valence-corrected chi connectivity index (χ4v) is 6.48. The molecule has 1 aromatic heterocycles. The highest BCUT2D eigenvalue weighted by molar-refractivity contribution is 7.12. The number of nitrogens with zero attached hydrogens (tertiary/aromatic N) is 2. The van der Waals surface area contributed by atoms with Gasteiger partial charge in [0.05, 0.1) is 18.2 Å². The number of carboxylic acids is 1. The molecule has 0 bridgehead atoms. The van der Waals surface area contributed by atoms with Crippen molar-refractivity contribution in [1.82, 2.24) is 31.2 Å². The first-order valence-electron chi connectivity index (χ1n) is 17.4. The van der Waals surface area contributed by atoms with Gasteiger partial charge >= 0.3 is 5.97 Å². The average Bonchev–Trinajstić information content (AvgIpc) is 3.82. The van der Waals surface area contributed by atoms with E-state index in [2.05, 4.69) is 26.3 Å². The monoisotopic (exact) mass is 759 g/mol. The van der Waals surface area contributed by atoms with Crippen LogP contribution in [0.4, 0.5) is 0 Å². The largest absolute Gasteiger partial charge is 0.476 e. The summed E-state index contributed by atoms with van der Waals surface area (Å²) < 4.78 is 0. The number of likely N-dealkylation sites (tertiary alicyclic amines) is 1. The van der Waals surface area contributed by atoms with Crippen molar-refractivity contribution in [2.75, 3.05) is 6.54 Å². The van der Waals surface area contributed by atoms with Gasteiger partial charge in [0, 0.05) is 18.3 Å². The summed E-state index contributed by atoms with van der Waals surface area (Å²) in [7, 11) is 0. The molecule has 3 rings (SSSR count). The molecule has 0 unspecified atom stereocenters. The minimum Gasteiger partial charge on any atom is -0.476 e. The van der Waals surface area contributed by atoms with E-state index < -0.39 is 95.7 Å². The molecule has 0 radical (unpaired) electrons. The number of nitrogens with two attached hydrogens (primary N) is 1. The average molecular weight is 760 g/mol. The minimum atomic E-state index is -1.51. The summed E-state index contributed by atoms with van der Waals surface area (Å²) in [5.74, 6) is -6.03. The van der Waals surface area contributed by atoms with Crippen molar-refractivity contribution < 1.29 is 48.9 Å². The van der Waals surface area contributed by atoms with Crippen LogP contribution in [0.25, 0.3) is 0 Å². The Balaban J connectivity index is 1.74. The molecular weight excluding hydrogens is 710 g/mol. The van der Waals surface area contributed by atoms with Crippen LogP contribution in [-0.2, 0) is 30.4 Å². The maximum Gasteiger partial charge on any atom is 0.355 e. The number of carboxylic acid groups (broad SMARTS) is 1. The Bertz CT molecular complexity index is 1640. The number of thiazole rings is 1. The van der Waals surface area contributed by atoms with Gasteiger partial charge in [0.2, 0.25) is 35.3 Å². The summed E-state index contributed by atoms with van der Waals surface area (Å²) in [5.41, 5.74) is 6.09. The van der Waals surface area contributed by atoms with Gasteiger partial charge in [0.25, 0.3) is 0 Å². The normalized spacial score (nSPS) is 18.6. The molecule has 5 amide bonds. The molecule has 2 heterocycles. The Labute approximate surface area is 311 Å². The summed E-state index contributed by atoms with van der Waals surface area (Å²) in [6.45, 7) is 7.65. The summed E-state index contributed by atoms with van der Waals surface area (Å²) in [4.78, 5) is 96.7. The number of benzene rings is 1. The molecule has 1 aromatic carbocycles. The molecule has 1 saturated heterocycles. The fraction of sp³-hybridized carbons (Fsp3) is 0.543. The fourth-order valence-electron chi connectivity index (χ4n) is 5.70. The van der Waals surface area contributed by atoms with E-state index in [1.54, 1.807) is 44.2 Å². The number of aliphatic hydroxyl groups is 2. The number of aliphatic hydroxyl groups excluding tert-OH is 2. The number of carbonyl (C=O) groups excluding carboxylic acids is 6. The van der Waals surface area contributed by atoms with Crippen molar-refractivity contribution >= 4 is 52.6 Å². The van der Waals surface area contributed by atoms with Gasteiger partial charge in [0.15, 0.2) is 10.7 Å². The SMILES string of the molecule is CC[C@H](C)[C@H](NC(=O)[C@@H](NC(=O)[C@@H](N)[C@@H](C)O)[C@@H](C)O)C(=O)N[C@@H](C)C(=O)N1CCC[C@H]1C(=O)N[C@@H](Cc1ccccc1)C(=O)c1nc(C(=O)O)cs1. The van der Waals surface area contributed by atoms with Gasteiger partial charge in [-0.15, -0.1) is 11.3 Å². The highest BCUT2D eigenvalue weighted by Gasteiger charge is 2.40. The van der Waals surface area contributed by atoms with Crippen LogP contribution in [0.15, 0.2) is 35.7 Å². The number of hydrogen-bond donors (Lipinski definition) is 8. The smallest absolute Gasteiger partial charge is 0.355 e. The van der Waals surface area contributed by atoms with Gasteiger partial charge in [-0.3, -0.25) is 28.8 Å². The predicted molar refractivity (Wildman–Crippen MR) is 192 cm³/mol. The number of nitrogens with one attached hydrogen (secondary N) is 4. The Hall–Kier alpha value is -4.78. The summed E-state index contributed by atoms with van der Waals surface area (Å²) in [6.07, 6.45) is -1.38. The zero-order valence-corrected chi connectivity index (χ0v) is 31.1. The minimum absolute atomic E-state index is 0.0796. The maximum absolute atomic E-state index is 13.7. The van der Waals surface area contributed by atoms with Crippen LogP contribution in [-0.4, -0.2) is 121 Å². The van der Waals surface area contributed by atoms with Crippen LogP contribution in [0, 0.1) is 5.92 Å². The Morgan fingerprint density at radius 1 is 0.906 bits per heavy atom. The van der Waals surface area contributed by atoms with Crippen molar-refractivity contribution in [3.8, 4) is 0 Å². The lowest BCUT2D eigenvalue weighted by molar-refractivity contribution is -0.142. The first-order valence-corrected chi connectivity index (χ1v) is 18.2. The standard InChI is InChI=1S/C35H49N7O10S/c1-6-17(2)26(40-32(49)27(20(5)44)41-30(47)25(36)19(4)43)31(48)37-18(3)34(50)42-14-10-13-24(42)29(46)38-22(15-21-11-8-7-9-12-21)28(45)33-39-23(16-53-33)35(51)52/h7-9,11-12,16-20,22,24-27,43-44H,6,10,13-15,36H2,1-5H3,(H,37,48)(H,38,46)(H,40,49)(H,41,47)(H,51,52)/t17-,18-,19+,20+,22-,24-,25-,26-,27-/m0/s1. The second kappa shape index (κ2) is 19.3. The second-order valence-corrected chi connectivity index (χ2v) is 14.1. The third kappa shape index (κ3) is 11.4. The van der Waals surface area contributed by atoms with E-state index in [0.29, 0.717) is 12.8 Å². The number of hydrogen-bond acceptors (Lipinski definition) is 12. The molecule has 1 aliphatic rings. The molecule has 0 aliphatic carbocycles. The lowest BCUT2D eigenvalue weighted by Crippen LogP contribution is -2.62. The molecule has 2 aromatic rings. The van der Waals surface area contributed by atoms with Gasteiger partial charge in [-0.25, -0.2) is 9.78 Å². The van der Waals surface area contributed by atoms with E-state index in [4.69, 9.17) is 5.73 Å². The molecule has 0 saturated carbocycles. The van der Waals surface area contributed by atoms with Crippen LogP contribution in [0.2, 0.25) is 0 Å². The van der Waals surface area contributed by atoms with Gasteiger partial charge < -0.3 is 47.2 Å². The zero-order chi connectivity index (χ0) is 39.6. The third-order valence-electron chi connectivity index (χ3n) is 9.10. The number of aromatic carboxylic acids is 1. The number of rotatable bonds is 18. The van der Waals surface area contributed by atoms with Crippen molar-refractivity contribution in [1.29, 1.82) is 0 Å². The highest BCUT2D eigenvalue weighted by Crippen LogP contribution is 2.21. The van der Waals surface area contributed by atoms with Crippen LogP contribution < -0.4 is 27.0 Å². The van der Waals surface area contributed by atoms with E-state index in [-0.39, 0.29) is 30.1 Å². The lowest BCUT2D eigenvalue weighted by Gasteiger charge is -2.31. The molecule has 9 atom stereocenters. The topological polar surface area (TPSA) is 270 Å². The van der Waals surface area contributed by atoms with Crippen LogP contribution >= 0.6 is 11.3 Å². The molecule has 18 heteroatoms. The highest BCUT2D eigenvalue weighted by atomic mass is 32.1. The Morgan fingerprint density at radius 3 is 2.09 bits per heavy atom. The van der Waals surface area contributed by atoms with Crippen LogP contribution in [0.1, 0.15) is 79.7 Å². The van der Waals surface area contributed by atoms with Crippen molar-refractivity contribution in [3.05, 3.63) is 52.0 Å². The number of amides is 5. The van der Waals surface area contributed by atoms with Crippen molar-refractivity contribution in [2.24, 2.45) is 11.7 Å². The molecule has 0 spiro atoms. The van der Waals surface area contributed by atoms with E-state index in [1.165, 1.54) is 31.1 Å². The first-order chi connectivity index (χ1) is 25.0. The van der Waals surface area contributed by atoms with Gasteiger partial charge in [-0.1, -0.05) is 50.6 Å². The number of ketones is 1. The van der Waals surface area contributed by atoms with E-state index in [0.717, 1.165) is 16.9 Å². The summed E-state index contributed by atoms with van der Waals surface area (Å²) in [6, 6.07) is 1.56. The van der Waals surface area contributed by atoms with Crippen LogP contribution in [0.3, 0.4) is 0 Å².